The van der Waals surface area contributed by atoms with Gasteiger partial charge in [-0.05, 0) is 19.8 Å². The first-order valence-corrected chi connectivity index (χ1v) is 6.42. The molecule has 0 aromatic heterocycles. The van der Waals surface area contributed by atoms with Gasteiger partial charge in [-0.3, -0.25) is 4.79 Å². The van der Waals surface area contributed by atoms with Crippen molar-refractivity contribution in [3.05, 3.63) is 0 Å². The fraction of sp³-hybridized carbons (Fsp3) is 0.917. The van der Waals surface area contributed by atoms with E-state index in [-0.39, 0.29) is 17.7 Å². The number of nitrogens with one attached hydrogen (secondary N) is 1. The van der Waals surface area contributed by atoms with E-state index in [0.29, 0.717) is 12.5 Å². The Morgan fingerprint density at radius 3 is 2.53 bits per heavy atom. The van der Waals surface area contributed by atoms with Crippen molar-refractivity contribution < 1.29 is 14.3 Å². The highest BCUT2D eigenvalue weighted by molar-refractivity contribution is 5.74. The molecule has 1 aliphatic heterocycles. The molecule has 0 bridgehead atoms. The summed E-state index contributed by atoms with van der Waals surface area (Å²) < 4.78 is 11.4. The number of hydrogen-bond donors (Lipinski definition) is 2. The van der Waals surface area contributed by atoms with Gasteiger partial charge in [-0.1, -0.05) is 0 Å². The van der Waals surface area contributed by atoms with E-state index in [0.717, 1.165) is 38.9 Å². The standard InChI is InChI=1S/C12H22N2O3/c1-9(8-11(13)15)14-10-2-4-12(5-3-10)16-6-7-17-12/h9-10,14H,2-8H2,1H3,(H2,13,15). The van der Waals surface area contributed by atoms with Crippen LogP contribution in [0.15, 0.2) is 0 Å². The number of rotatable bonds is 4. The van der Waals surface area contributed by atoms with Gasteiger partial charge in [-0.25, -0.2) is 0 Å². The minimum absolute atomic E-state index is 0.150. The van der Waals surface area contributed by atoms with E-state index in [2.05, 4.69) is 5.32 Å². The Labute approximate surface area is 102 Å². The predicted octanol–water partition coefficient (Wildman–Crippen LogP) is 0.526. The Bertz CT molecular complexity index is 267. The highest BCUT2D eigenvalue weighted by atomic mass is 16.7. The Morgan fingerprint density at radius 2 is 2.00 bits per heavy atom. The molecule has 98 valence electrons. The average molecular weight is 242 g/mol. The van der Waals surface area contributed by atoms with E-state index in [4.69, 9.17) is 15.2 Å². The van der Waals surface area contributed by atoms with Gasteiger partial charge in [-0.15, -0.1) is 0 Å². The van der Waals surface area contributed by atoms with E-state index in [9.17, 15) is 4.79 Å². The molecule has 1 atom stereocenters. The van der Waals surface area contributed by atoms with Gasteiger partial charge in [0, 0.05) is 31.3 Å². The Balaban J connectivity index is 1.73. The van der Waals surface area contributed by atoms with Crippen LogP contribution in [0, 0.1) is 0 Å². The largest absolute Gasteiger partial charge is 0.370 e. The number of ether oxygens (including phenoxy) is 2. The van der Waals surface area contributed by atoms with Crippen LogP contribution in [-0.4, -0.2) is 37.0 Å². The van der Waals surface area contributed by atoms with E-state index in [1.54, 1.807) is 0 Å². The summed E-state index contributed by atoms with van der Waals surface area (Å²) in [5, 5.41) is 3.44. The van der Waals surface area contributed by atoms with Crippen molar-refractivity contribution in [3.8, 4) is 0 Å². The minimum atomic E-state index is -0.300. The van der Waals surface area contributed by atoms with Gasteiger partial charge in [0.2, 0.25) is 5.91 Å². The SMILES string of the molecule is CC(CC(N)=O)NC1CCC2(CC1)OCCO2. The number of carbonyl (C=O) groups is 1. The highest BCUT2D eigenvalue weighted by Gasteiger charge is 2.40. The Kier molecular flexibility index (Phi) is 4.01. The van der Waals surface area contributed by atoms with Crippen LogP contribution in [0.5, 0.6) is 0 Å². The van der Waals surface area contributed by atoms with E-state index >= 15 is 0 Å². The molecule has 17 heavy (non-hydrogen) atoms. The first-order valence-electron chi connectivity index (χ1n) is 6.42. The molecule has 0 aromatic carbocycles. The first kappa shape index (κ1) is 12.8. The molecule has 0 radical (unpaired) electrons. The lowest BCUT2D eigenvalue weighted by Gasteiger charge is -2.36. The van der Waals surface area contributed by atoms with Crippen LogP contribution in [0.3, 0.4) is 0 Å². The predicted molar refractivity (Wildman–Crippen MR) is 63.3 cm³/mol. The third kappa shape index (κ3) is 3.40. The lowest BCUT2D eigenvalue weighted by atomic mass is 9.89. The molecule has 1 spiro atoms. The summed E-state index contributed by atoms with van der Waals surface area (Å²) in [5.41, 5.74) is 5.17. The number of carbonyl (C=O) groups excluding carboxylic acids is 1. The third-order valence-corrected chi connectivity index (χ3v) is 3.59. The normalized spacial score (nSPS) is 26.2. The number of hydrogen-bond acceptors (Lipinski definition) is 4. The van der Waals surface area contributed by atoms with Crippen molar-refractivity contribution in [1.82, 2.24) is 5.32 Å². The molecule has 2 fully saturated rings. The summed E-state index contributed by atoms with van der Waals surface area (Å²) >= 11 is 0. The molecule has 1 aliphatic carbocycles. The first-order chi connectivity index (χ1) is 8.10. The molecule has 1 saturated heterocycles. The maximum atomic E-state index is 10.8. The molecule has 2 rings (SSSR count). The fourth-order valence-electron chi connectivity index (χ4n) is 2.77. The summed E-state index contributed by atoms with van der Waals surface area (Å²) in [6.07, 6.45) is 4.34. The third-order valence-electron chi connectivity index (χ3n) is 3.59. The van der Waals surface area contributed by atoms with Crippen molar-refractivity contribution in [3.63, 3.8) is 0 Å². The summed E-state index contributed by atoms with van der Waals surface area (Å²) in [5.74, 6) is -0.551. The maximum absolute atomic E-state index is 10.8. The van der Waals surface area contributed by atoms with Crippen molar-refractivity contribution >= 4 is 5.91 Å². The van der Waals surface area contributed by atoms with Gasteiger partial charge in [-0.2, -0.15) is 0 Å². The van der Waals surface area contributed by atoms with Crippen LogP contribution in [0.1, 0.15) is 39.0 Å². The van der Waals surface area contributed by atoms with Crippen LogP contribution in [0.25, 0.3) is 0 Å². The molecule has 1 saturated carbocycles. The zero-order valence-corrected chi connectivity index (χ0v) is 10.4. The van der Waals surface area contributed by atoms with E-state index < -0.39 is 0 Å². The topological polar surface area (TPSA) is 73.6 Å². The lowest BCUT2D eigenvalue weighted by molar-refractivity contribution is -0.179. The van der Waals surface area contributed by atoms with Gasteiger partial charge < -0.3 is 20.5 Å². The van der Waals surface area contributed by atoms with Gasteiger partial charge in [0.15, 0.2) is 5.79 Å². The summed E-state index contributed by atoms with van der Waals surface area (Å²) in [6.45, 7) is 3.43. The molecular formula is C12H22N2O3. The average Bonchev–Trinajstić information content (AvgIpc) is 2.69. The number of primary amides is 1. The molecule has 1 amide bonds. The van der Waals surface area contributed by atoms with Crippen LogP contribution in [0.4, 0.5) is 0 Å². The van der Waals surface area contributed by atoms with Gasteiger partial charge >= 0.3 is 0 Å². The van der Waals surface area contributed by atoms with Crippen molar-refractivity contribution in [1.29, 1.82) is 0 Å². The van der Waals surface area contributed by atoms with E-state index in [1.807, 2.05) is 6.92 Å². The van der Waals surface area contributed by atoms with Crippen LogP contribution in [0.2, 0.25) is 0 Å². The zero-order chi connectivity index (χ0) is 12.3. The van der Waals surface area contributed by atoms with Crippen LogP contribution < -0.4 is 11.1 Å². The maximum Gasteiger partial charge on any atom is 0.218 e. The molecule has 1 heterocycles. The van der Waals surface area contributed by atoms with Crippen LogP contribution >= 0.6 is 0 Å². The second kappa shape index (κ2) is 5.33. The highest BCUT2D eigenvalue weighted by Crippen LogP contribution is 2.35. The molecule has 5 heteroatoms. The van der Waals surface area contributed by atoms with Gasteiger partial charge in [0.05, 0.1) is 13.2 Å². The fourth-order valence-corrected chi connectivity index (χ4v) is 2.77. The summed E-state index contributed by atoms with van der Waals surface area (Å²) in [6, 6.07) is 0.597. The molecule has 2 aliphatic rings. The van der Waals surface area contributed by atoms with E-state index in [1.165, 1.54) is 0 Å². The molecule has 0 aromatic rings. The van der Waals surface area contributed by atoms with Crippen molar-refractivity contribution in [2.75, 3.05) is 13.2 Å². The summed E-state index contributed by atoms with van der Waals surface area (Å²) in [7, 11) is 0. The lowest BCUT2D eigenvalue weighted by Crippen LogP contribution is -2.45. The van der Waals surface area contributed by atoms with Crippen molar-refractivity contribution in [2.45, 2.75) is 56.9 Å². The number of amides is 1. The Morgan fingerprint density at radius 1 is 1.41 bits per heavy atom. The molecule has 3 N–H and O–H groups in total. The minimum Gasteiger partial charge on any atom is -0.370 e. The van der Waals surface area contributed by atoms with Crippen molar-refractivity contribution in [2.24, 2.45) is 5.73 Å². The van der Waals surface area contributed by atoms with Gasteiger partial charge in [0.1, 0.15) is 0 Å². The Hall–Kier alpha value is -0.650. The van der Waals surface area contributed by atoms with Gasteiger partial charge in [0.25, 0.3) is 0 Å². The monoisotopic (exact) mass is 242 g/mol. The molecule has 5 nitrogen and oxygen atoms in total. The number of nitrogens with two attached hydrogens (primary N) is 1. The second-order valence-corrected chi connectivity index (χ2v) is 5.12. The quantitative estimate of drug-likeness (QED) is 0.754. The zero-order valence-electron chi connectivity index (χ0n) is 10.4. The molecular weight excluding hydrogens is 220 g/mol. The summed E-state index contributed by atoms with van der Waals surface area (Å²) in [4.78, 5) is 10.8. The molecule has 1 unspecified atom stereocenters. The van der Waals surface area contributed by atoms with Crippen LogP contribution in [-0.2, 0) is 14.3 Å². The second-order valence-electron chi connectivity index (χ2n) is 5.12. The smallest absolute Gasteiger partial charge is 0.218 e.